The van der Waals surface area contributed by atoms with Gasteiger partial charge in [0, 0.05) is 19.2 Å². The van der Waals surface area contributed by atoms with Crippen LogP contribution in [0.1, 0.15) is 67.4 Å². The van der Waals surface area contributed by atoms with Crippen molar-refractivity contribution in [3.8, 4) is 6.07 Å². The van der Waals surface area contributed by atoms with Crippen molar-refractivity contribution in [3.05, 3.63) is 64.6 Å². The smallest absolute Gasteiger partial charge is 0.274 e. The summed E-state index contributed by atoms with van der Waals surface area (Å²) in [5, 5.41) is 33.7. The van der Waals surface area contributed by atoms with Gasteiger partial charge < -0.3 is 30.9 Å². The van der Waals surface area contributed by atoms with Crippen LogP contribution in [0.5, 0.6) is 0 Å². The summed E-state index contributed by atoms with van der Waals surface area (Å²) in [6.45, 7) is 9.15. The Labute approximate surface area is 245 Å². The van der Waals surface area contributed by atoms with Crippen LogP contribution >= 0.6 is 0 Å². The summed E-state index contributed by atoms with van der Waals surface area (Å²) in [5.74, 6) is -1.93. The van der Waals surface area contributed by atoms with E-state index in [1.54, 1.807) is 13.0 Å². The Bertz CT molecular complexity index is 1290. The standard InChI is InChI=1S/C30H40N6O6/c1-18(2)14-23(16-31)27(38)32-13-7-6-8-24(28(39)33-17-22-11-9-19(3)10-12-22)34-30(41)26(21(5)37)35-29(40)25-15-20(4)42-36-25/h9-12,14-15,18,21,24,26,37H,6-8,13,17H2,1-5H3,(H,32,38)(H,33,39)(H,34,41)(H,35,40). The van der Waals surface area contributed by atoms with Gasteiger partial charge in [0.25, 0.3) is 11.8 Å². The lowest BCUT2D eigenvalue weighted by atomic mass is 10.1. The molecule has 226 valence electrons. The third-order valence-corrected chi connectivity index (χ3v) is 6.20. The number of nitriles is 1. The number of nitrogens with one attached hydrogen (secondary N) is 4. The molecule has 2 aromatic rings. The minimum Gasteiger partial charge on any atom is -0.391 e. The number of aromatic nitrogens is 1. The molecule has 1 aromatic heterocycles. The zero-order chi connectivity index (χ0) is 31.2. The molecule has 12 heteroatoms. The van der Waals surface area contributed by atoms with Crippen LogP contribution in [0.3, 0.4) is 0 Å². The number of aliphatic hydroxyl groups excluding tert-OH is 1. The molecule has 0 spiro atoms. The second-order valence-electron chi connectivity index (χ2n) is 10.5. The predicted octanol–water partition coefficient (Wildman–Crippen LogP) is 1.96. The molecule has 0 fully saturated rings. The zero-order valence-corrected chi connectivity index (χ0v) is 24.7. The summed E-state index contributed by atoms with van der Waals surface area (Å²) in [7, 11) is 0. The van der Waals surface area contributed by atoms with E-state index in [1.807, 2.05) is 51.1 Å². The number of aliphatic hydroxyl groups is 1. The Hall–Kier alpha value is -4.50. The zero-order valence-electron chi connectivity index (χ0n) is 24.7. The largest absolute Gasteiger partial charge is 0.391 e. The Morgan fingerprint density at radius 1 is 1.02 bits per heavy atom. The molecule has 3 atom stereocenters. The first-order valence-corrected chi connectivity index (χ1v) is 13.9. The third-order valence-electron chi connectivity index (χ3n) is 6.20. The van der Waals surface area contributed by atoms with Gasteiger partial charge >= 0.3 is 0 Å². The fraction of sp³-hybridized carbons (Fsp3) is 0.467. The van der Waals surface area contributed by atoms with Crippen molar-refractivity contribution in [1.82, 2.24) is 26.4 Å². The van der Waals surface area contributed by atoms with Gasteiger partial charge in [-0.15, -0.1) is 0 Å². The summed E-state index contributed by atoms with van der Waals surface area (Å²) < 4.78 is 4.90. The van der Waals surface area contributed by atoms with Crippen LogP contribution in [0.2, 0.25) is 0 Å². The number of aryl methyl sites for hydroxylation is 2. The molecule has 1 heterocycles. The van der Waals surface area contributed by atoms with Crippen molar-refractivity contribution in [3.63, 3.8) is 0 Å². The molecule has 0 radical (unpaired) electrons. The van der Waals surface area contributed by atoms with Gasteiger partial charge in [0.15, 0.2) is 5.69 Å². The summed E-state index contributed by atoms with van der Waals surface area (Å²) in [5.41, 5.74) is 1.94. The van der Waals surface area contributed by atoms with Crippen LogP contribution < -0.4 is 21.3 Å². The van der Waals surface area contributed by atoms with Crippen molar-refractivity contribution in [2.45, 2.75) is 78.6 Å². The molecule has 0 aliphatic heterocycles. The lowest BCUT2D eigenvalue weighted by molar-refractivity contribution is -0.131. The van der Waals surface area contributed by atoms with E-state index >= 15 is 0 Å². The SMILES string of the molecule is Cc1ccc(CNC(=O)C(CCCCNC(=O)C(C#N)=CC(C)C)NC(=O)C(NC(=O)c2cc(C)on2)C(C)O)cc1. The number of amides is 4. The number of unbranched alkanes of at least 4 members (excludes halogenated alkanes) is 1. The fourth-order valence-corrected chi connectivity index (χ4v) is 3.91. The number of benzene rings is 1. The molecule has 0 aliphatic carbocycles. The summed E-state index contributed by atoms with van der Waals surface area (Å²) in [6.07, 6.45) is 1.45. The number of rotatable bonds is 15. The van der Waals surface area contributed by atoms with E-state index in [-0.39, 0.29) is 36.7 Å². The topological polar surface area (TPSA) is 186 Å². The highest BCUT2D eigenvalue weighted by Crippen LogP contribution is 2.08. The minimum absolute atomic E-state index is 0.0395. The number of hydrogen-bond acceptors (Lipinski definition) is 8. The molecule has 12 nitrogen and oxygen atoms in total. The molecule has 42 heavy (non-hydrogen) atoms. The van der Waals surface area contributed by atoms with Crippen LogP contribution in [-0.2, 0) is 20.9 Å². The minimum atomic E-state index is -1.36. The number of nitrogens with zero attached hydrogens (tertiary/aromatic N) is 2. The molecule has 1 aromatic carbocycles. The van der Waals surface area contributed by atoms with E-state index in [0.717, 1.165) is 11.1 Å². The predicted molar refractivity (Wildman–Crippen MR) is 155 cm³/mol. The van der Waals surface area contributed by atoms with Crippen LogP contribution in [0.15, 0.2) is 46.5 Å². The first-order chi connectivity index (χ1) is 19.9. The highest BCUT2D eigenvalue weighted by molar-refractivity contribution is 5.98. The van der Waals surface area contributed by atoms with Gasteiger partial charge in [0.1, 0.15) is 29.5 Å². The second kappa shape index (κ2) is 16.7. The summed E-state index contributed by atoms with van der Waals surface area (Å²) in [4.78, 5) is 51.1. The number of carbonyl (C=O) groups excluding carboxylic acids is 4. The van der Waals surface area contributed by atoms with Gasteiger partial charge in [-0.3, -0.25) is 19.2 Å². The molecule has 2 rings (SSSR count). The second-order valence-corrected chi connectivity index (χ2v) is 10.5. The Morgan fingerprint density at radius 3 is 2.29 bits per heavy atom. The normalized spacial score (nSPS) is 13.4. The van der Waals surface area contributed by atoms with E-state index < -0.39 is 41.8 Å². The Morgan fingerprint density at radius 2 is 1.71 bits per heavy atom. The lowest BCUT2D eigenvalue weighted by Gasteiger charge is -2.24. The highest BCUT2D eigenvalue weighted by Gasteiger charge is 2.30. The molecule has 0 aliphatic rings. The first-order valence-electron chi connectivity index (χ1n) is 13.9. The van der Waals surface area contributed by atoms with Crippen molar-refractivity contribution < 1.29 is 28.8 Å². The maximum atomic E-state index is 13.2. The van der Waals surface area contributed by atoms with E-state index in [4.69, 9.17) is 4.52 Å². The van der Waals surface area contributed by atoms with Crippen molar-refractivity contribution in [1.29, 1.82) is 5.26 Å². The number of hydrogen-bond donors (Lipinski definition) is 5. The van der Waals surface area contributed by atoms with Crippen LogP contribution in [-0.4, -0.2) is 58.6 Å². The summed E-state index contributed by atoms with van der Waals surface area (Å²) >= 11 is 0. The molecule has 3 unspecified atom stereocenters. The Balaban J connectivity index is 2.05. The van der Waals surface area contributed by atoms with E-state index in [9.17, 15) is 29.5 Å². The van der Waals surface area contributed by atoms with Crippen molar-refractivity contribution >= 4 is 23.6 Å². The van der Waals surface area contributed by atoms with Crippen LogP contribution in [0, 0.1) is 31.1 Å². The summed E-state index contributed by atoms with van der Waals surface area (Å²) in [6, 6.07) is 8.57. The maximum absolute atomic E-state index is 13.2. The number of carbonyl (C=O) groups is 4. The van der Waals surface area contributed by atoms with Crippen LogP contribution in [0.25, 0.3) is 0 Å². The maximum Gasteiger partial charge on any atom is 0.274 e. The fourth-order valence-electron chi connectivity index (χ4n) is 3.91. The molecule has 0 saturated heterocycles. The van der Waals surface area contributed by atoms with Gasteiger partial charge in [0.05, 0.1) is 6.10 Å². The van der Waals surface area contributed by atoms with Crippen LogP contribution in [0.4, 0.5) is 0 Å². The average Bonchev–Trinajstić information content (AvgIpc) is 3.38. The monoisotopic (exact) mass is 580 g/mol. The first kappa shape index (κ1) is 33.7. The molecular formula is C30H40N6O6. The molecule has 4 amide bonds. The van der Waals surface area contributed by atoms with E-state index in [0.29, 0.717) is 18.6 Å². The highest BCUT2D eigenvalue weighted by atomic mass is 16.5. The van der Waals surface area contributed by atoms with E-state index in [1.165, 1.54) is 13.0 Å². The molecule has 0 bridgehead atoms. The van der Waals surface area contributed by atoms with Gasteiger partial charge in [-0.2, -0.15) is 5.26 Å². The van der Waals surface area contributed by atoms with Gasteiger partial charge in [-0.25, -0.2) is 0 Å². The van der Waals surface area contributed by atoms with Gasteiger partial charge in [-0.1, -0.05) is 54.9 Å². The van der Waals surface area contributed by atoms with Gasteiger partial charge in [0.2, 0.25) is 11.8 Å². The van der Waals surface area contributed by atoms with E-state index in [2.05, 4.69) is 26.4 Å². The average molecular weight is 581 g/mol. The Kier molecular flexibility index (Phi) is 13.4. The van der Waals surface area contributed by atoms with Crippen molar-refractivity contribution in [2.75, 3.05) is 6.54 Å². The van der Waals surface area contributed by atoms with Crippen molar-refractivity contribution in [2.24, 2.45) is 5.92 Å². The molecule has 0 saturated carbocycles. The third kappa shape index (κ3) is 11.2. The lowest BCUT2D eigenvalue weighted by Crippen LogP contribution is -2.57. The van der Waals surface area contributed by atoms with Gasteiger partial charge in [-0.05, 0) is 51.5 Å². The molecule has 5 N–H and O–H groups in total. The number of allylic oxidation sites excluding steroid dienone is 1. The molecular weight excluding hydrogens is 540 g/mol. The quantitative estimate of drug-likeness (QED) is 0.120.